The summed E-state index contributed by atoms with van der Waals surface area (Å²) >= 11 is 0. The Morgan fingerprint density at radius 1 is 0.484 bits per heavy atom. The van der Waals surface area contributed by atoms with E-state index in [0.29, 0.717) is 24.7 Å². The van der Waals surface area contributed by atoms with Crippen LogP contribution in [0.1, 0.15) is 136 Å². The molecule has 4 nitrogen and oxygen atoms in total. The molecule has 0 aliphatic carbocycles. The molecule has 0 aromatic carbocycles. The highest BCUT2D eigenvalue weighted by molar-refractivity contribution is 5.77. The third-order valence-corrected chi connectivity index (χ3v) is 6.69. The van der Waals surface area contributed by atoms with Crippen molar-refractivity contribution in [2.45, 2.75) is 136 Å². The standard InChI is InChI=1S/C27H52N2O2/c1-3-5-7-9-11-13-15-17-20-26(30)28-22-19-23-29(25-24-28)27(31)21-18-16-14-12-10-8-6-4-2/h3-25H2,1-2H3. The van der Waals surface area contributed by atoms with Gasteiger partial charge in [-0.2, -0.15) is 0 Å². The lowest BCUT2D eigenvalue weighted by atomic mass is 10.1. The first-order valence-electron chi connectivity index (χ1n) is 13.7. The summed E-state index contributed by atoms with van der Waals surface area (Å²) in [6.07, 6.45) is 22.5. The van der Waals surface area contributed by atoms with Crippen LogP contribution in [0.25, 0.3) is 0 Å². The molecule has 0 spiro atoms. The van der Waals surface area contributed by atoms with Crippen LogP contribution in [-0.4, -0.2) is 47.8 Å². The second-order valence-corrected chi connectivity index (χ2v) is 9.56. The van der Waals surface area contributed by atoms with Crippen molar-refractivity contribution in [1.29, 1.82) is 0 Å². The molecule has 0 atom stereocenters. The van der Waals surface area contributed by atoms with Crippen molar-refractivity contribution in [1.82, 2.24) is 9.80 Å². The Kier molecular flexibility index (Phi) is 17.7. The van der Waals surface area contributed by atoms with Gasteiger partial charge in [0.2, 0.25) is 11.8 Å². The van der Waals surface area contributed by atoms with Crippen molar-refractivity contribution < 1.29 is 9.59 Å². The molecular weight excluding hydrogens is 384 g/mol. The highest BCUT2D eigenvalue weighted by Crippen LogP contribution is 2.14. The van der Waals surface area contributed by atoms with Crippen LogP contribution < -0.4 is 0 Å². The van der Waals surface area contributed by atoms with Gasteiger partial charge >= 0.3 is 0 Å². The average molecular weight is 437 g/mol. The molecular formula is C27H52N2O2. The predicted molar refractivity (Wildman–Crippen MR) is 132 cm³/mol. The molecule has 4 heteroatoms. The van der Waals surface area contributed by atoms with E-state index in [1.54, 1.807) is 0 Å². The average Bonchev–Trinajstić information content (AvgIpc) is 3.03. The normalized spacial score (nSPS) is 14.6. The second-order valence-electron chi connectivity index (χ2n) is 9.56. The SMILES string of the molecule is CCCCCCCCCCC(=O)N1CCCN(C(=O)CCCCCCCCCC)CC1. The first-order valence-corrected chi connectivity index (χ1v) is 13.7. The van der Waals surface area contributed by atoms with Crippen molar-refractivity contribution >= 4 is 11.8 Å². The number of unbranched alkanes of at least 4 members (excludes halogenated alkanes) is 14. The zero-order valence-corrected chi connectivity index (χ0v) is 21.0. The van der Waals surface area contributed by atoms with E-state index in [1.165, 1.54) is 89.9 Å². The molecule has 0 saturated carbocycles. The van der Waals surface area contributed by atoms with E-state index in [4.69, 9.17) is 0 Å². The molecule has 1 fully saturated rings. The van der Waals surface area contributed by atoms with Crippen molar-refractivity contribution in [3.8, 4) is 0 Å². The lowest BCUT2D eigenvalue weighted by Gasteiger charge is -2.22. The Hall–Kier alpha value is -1.06. The van der Waals surface area contributed by atoms with E-state index in [-0.39, 0.29) is 0 Å². The largest absolute Gasteiger partial charge is 0.341 e. The summed E-state index contributed by atoms with van der Waals surface area (Å²) < 4.78 is 0. The maximum Gasteiger partial charge on any atom is 0.222 e. The molecule has 0 aromatic rings. The van der Waals surface area contributed by atoms with Crippen LogP contribution in [0, 0.1) is 0 Å². The fourth-order valence-corrected chi connectivity index (χ4v) is 4.55. The molecule has 1 rings (SSSR count). The monoisotopic (exact) mass is 436 g/mol. The Morgan fingerprint density at radius 3 is 1.16 bits per heavy atom. The molecule has 0 radical (unpaired) electrons. The molecule has 0 bridgehead atoms. The van der Waals surface area contributed by atoms with Crippen LogP contribution in [0.2, 0.25) is 0 Å². The van der Waals surface area contributed by atoms with Crippen LogP contribution >= 0.6 is 0 Å². The predicted octanol–water partition coefficient (Wildman–Crippen LogP) is 7.11. The zero-order valence-electron chi connectivity index (χ0n) is 21.0. The molecule has 2 amide bonds. The van der Waals surface area contributed by atoms with Gasteiger partial charge in [-0.3, -0.25) is 9.59 Å². The summed E-state index contributed by atoms with van der Waals surface area (Å²) in [4.78, 5) is 29.1. The Labute approximate surface area is 193 Å². The molecule has 1 aliphatic heterocycles. The number of hydrogen-bond acceptors (Lipinski definition) is 2. The number of carbonyl (C=O) groups is 2. The molecule has 1 aliphatic rings. The number of hydrogen-bond donors (Lipinski definition) is 0. The molecule has 182 valence electrons. The number of amides is 2. The molecule has 1 heterocycles. The third kappa shape index (κ3) is 14.6. The lowest BCUT2D eigenvalue weighted by molar-refractivity contribution is -0.133. The van der Waals surface area contributed by atoms with Crippen molar-refractivity contribution in [3.05, 3.63) is 0 Å². The summed E-state index contributed by atoms with van der Waals surface area (Å²) in [5.41, 5.74) is 0. The highest BCUT2D eigenvalue weighted by Gasteiger charge is 2.21. The van der Waals surface area contributed by atoms with Gasteiger partial charge in [-0.25, -0.2) is 0 Å². The van der Waals surface area contributed by atoms with Gasteiger partial charge in [-0.1, -0.05) is 104 Å². The maximum atomic E-state index is 12.6. The van der Waals surface area contributed by atoms with Gasteiger partial charge in [0.25, 0.3) is 0 Å². The van der Waals surface area contributed by atoms with Gasteiger partial charge in [0.15, 0.2) is 0 Å². The highest BCUT2D eigenvalue weighted by atomic mass is 16.2. The Morgan fingerprint density at radius 2 is 0.806 bits per heavy atom. The van der Waals surface area contributed by atoms with Crippen LogP contribution in [0.15, 0.2) is 0 Å². The minimum absolute atomic E-state index is 0.295. The quantitative estimate of drug-likeness (QED) is 0.215. The smallest absolute Gasteiger partial charge is 0.222 e. The van der Waals surface area contributed by atoms with Gasteiger partial charge in [0.05, 0.1) is 0 Å². The van der Waals surface area contributed by atoms with Crippen molar-refractivity contribution in [3.63, 3.8) is 0 Å². The van der Waals surface area contributed by atoms with E-state index >= 15 is 0 Å². The van der Waals surface area contributed by atoms with Gasteiger partial charge < -0.3 is 9.80 Å². The van der Waals surface area contributed by atoms with Gasteiger partial charge in [0, 0.05) is 39.0 Å². The van der Waals surface area contributed by atoms with Gasteiger partial charge in [-0.05, 0) is 19.3 Å². The summed E-state index contributed by atoms with van der Waals surface area (Å²) in [7, 11) is 0. The molecule has 0 unspecified atom stereocenters. The fourth-order valence-electron chi connectivity index (χ4n) is 4.55. The van der Waals surface area contributed by atoms with Crippen molar-refractivity contribution in [2.75, 3.05) is 26.2 Å². The van der Waals surface area contributed by atoms with E-state index in [1.807, 2.05) is 9.80 Å². The molecule has 0 aromatic heterocycles. The minimum Gasteiger partial charge on any atom is -0.341 e. The first-order chi connectivity index (χ1) is 15.2. The van der Waals surface area contributed by atoms with E-state index in [0.717, 1.165) is 45.4 Å². The number of rotatable bonds is 18. The number of carbonyl (C=O) groups excluding carboxylic acids is 2. The van der Waals surface area contributed by atoms with E-state index in [9.17, 15) is 9.59 Å². The Balaban J connectivity index is 2.09. The summed E-state index contributed by atoms with van der Waals surface area (Å²) in [5.74, 6) is 0.590. The first kappa shape index (κ1) is 28.0. The maximum absolute atomic E-state index is 12.6. The van der Waals surface area contributed by atoms with Crippen molar-refractivity contribution in [2.24, 2.45) is 0 Å². The van der Waals surface area contributed by atoms with Crippen LogP contribution in [-0.2, 0) is 9.59 Å². The zero-order chi connectivity index (χ0) is 22.6. The summed E-state index contributed by atoms with van der Waals surface area (Å²) in [5, 5.41) is 0. The van der Waals surface area contributed by atoms with Crippen LogP contribution in [0.4, 0.5) is 0 Å². The summed E-state index contributed by atoms with van der Waals surface area (Å²) in [6, 6.07) is 0. The van der Waals surface area contributed by atoms with Crippen LogP contribution in [0.5, 0.6) is 0 Å². The lowest BCUT2D eigenvalue weighted by Crippen LogP contribution is -2.37. The Bertz CT molecular complexity index is 413. The topological polar surface area (TPSA) is 40.6 Å². The molecule has 31 heavy (non-hydrogen) atoms. The number of nitrogens with zero attached hydrogens (tertiary/aromatic N) is 2. The minimum atomic E-state index is 0.295. The summed E-state index contributed by atoms with van der Waals surface area (Å²) in [6.45, 7) is 7.58. The van der Waals surface area contributed by atoms with E-state index in [2.05, 4.69) is 13.8 Å². The van der Waals surface area contributed by atoms with Crippen LogP contribution in [0.3, 0.4) is 0 Å². The molecule has 1 saturated heterocycles. The molecule has 0 N–H and O–H groups in total. The third-order valence-electron chi connectivity index (χ3n) is 6.69. The van der Waals surface area contributed by atoms with Gasteiger partial charge in [0.1, 0.15) is 0 Å². The fraction of sp³-hybridized carbons (Fsp3) is 0.926. The second kappa shape index (κ2) is 19.6. The van der Waals surface area contributed by atoms with Gasteiger partial charge in [-0.15, -0.1) is 0 Å². The van der Waals surface area contributed by atoms with E-state index < -0.39 is 0 Å².